The van der Waals surface area contributed by atoms with E-state index in [4.69, 9.17) is 20.3 Å². The molecule has 0 aliphatic rings. The lowest BCUT2D eigenvalue weighted by atomic mass is 9.98. The number of nitrogens with two attached hydrogens (primary N) is 1. The number of carbonyl (C=O) groups excluding carboxylic acids is 1. The zero-order valence-electron chi connectivity index (χ0n) is 12.7. The molecule has 0 heterocycles. The Balaban J connectivity index is 2.51. The van der Waals surface area contributed by atoms with Crippen molar-refractivity contribution in [1.82, 2.24) is 0 Å². The van der Waals surface area contributed by atoms with Crippen LogP contribution in [0.25, 0.3) is 0 Å². The summed E-state index contributed by atoms with van der Waals surface area (Å²) in [5.41, 5.74) is 5.60. The van der Waals surface area contributed by atoms with Crippen molar-refractivity contribution < 1.29 is 24.1 Å². The summed E-state index contributed by atoms with van der Waals surface area (Å²) in [7, 11) is 2.86. The van der Waals surface area contributed by atoms with E-state index in [1.54, 1.807) is 25.1 Å². The van der Waals surface area contributed by atoms with Crippen LogP contribution < -0.4 is 15.2 Å². The van der Waals surface area contributed by atoms with Crippen molar-refractivity contribution in [2.75, 3.05) is 20.8 Å². The van der Waals surface area contributed by atoms with Gasteiger partial charge in [-0.05, 0) is 37.5 Å². The molecule has 0 radical (unpaired) electrons. The SMILES string of the molecule is COC(=O)C(C)(N)CCCOc1ccc(CO)cc1OC. The van der Waals surface area contributed by atoms with Crippen LogP contribution in [-0.4, -0.2) is 37.4 Å². The van der Waals surface area contributed by atoms with Crippen molar-refractivity contribution in [3.05, 3.63) is 23.8 Å². The Labute approximate surface area is 124 Å². The molecule has 0 saturated carbocycles. The first-order chi connectivity index (χ1) is 9.94. The van der Waals surface area contributed by atoms with Crippen LogP contribution in [0.5, 0.6) is 11.5 Å². The number of hydrogen-bond donors (Lipinski definition) is 2. The van der Waals surface area contributed by atoms with Crippen molar-refractivity contribution >= 4 is 5.97 Å². The second-order valence-electron chi connectivity index (χ2n) is 5.00. The van der Waals surface area contributed by atoms with Gasteiger partial charge in [0.25, 0.3) is 0 Å². The normalized spacial score (nSPS) is 13.4. The molecule has 0 saturated heterocycles. The Kier molecular flexibility index (Phi) is 6.45. The van der Waals surface area contributed by atoms with Crippen LogP contribution >= 0.6 is 0 Å². The zero-order valence-corrected chi connectivity index (χ0v) is 12.7. The molecular formula is C15H23NO5. The summed E-state index contributed by atoms with van der Waals surface area (Å²) >= 11 is 0. The van der Waals surface area contributed by atoms with E-state index < -0.39 is 11.5 Å². The summed E-state index contributed by atoms with van der Waals surface area (Å²) in [4.78, 5) is 11.4. The molecule has 0 aliphatic carbocycles. The molecule has 0 bridgehead atoms. The lowest BCUT2D eigenvalue weighted by Gasteiger charge is -2.21. The summed E-state index contributed by atoms with van der Waals surface area (Å²) < 4.78 is 15.5. The van der Waals surface area contributed by atoms with Gasteiger partial charge in [-0.15, -0.1) is 0 Å². The Morgan fingerprint density at radius 2 is 2.05 bits per heavy atom. The highest BCUT2D eigenvalue weighted by molar-refractivity contribution is 5.79. The van der Waals surface area contributed by atoms with Crippen molar-refractivity contribution in [2.45, 2.75) is 31.9 Å². The van der Waals surface area contributed by atoms with Crippen LogP contribution in [-0.2, 0) is 16.1 Å². The average Bonchev–Trinajstić information content (AvgIpc) is 2.50. The summed E-state index contributed by atoms with van der Waals surface area (Å²) in [6, 6.07) is 5.22. The molecule has 1 rings (SSSR count). The fraction of sp³-hybridized carbons (Fsp3) is 0.533. The van der Waals surface area contributed by atoms with Gasteiger partial charge in [-0.3, -0.25) is 4.79 Å². The zero-order chi connectivity index (χ0) is 15.9. The molecule has 1 unspecified atom stereocenters. The van der Waals surface area contributed by atoms with Crippen LogP contribution in [0.2, 0.25) is 0 Å². The van der Waals surface area contributed by atoms with Gasteiger partial charge in [0.15, 0.2) is 11.5 Å². The second-order valence-corrected chi connectivity index (χ2v) is 5.00. The number of aliphatic hydroxyl groups is 1. The highest BCUT2D eigenvalue weighted by Crippen LogP contribution is 2.28. The van der Waals surface area contributed by atoms with Gasteiger partial charge in [-0.25, -0.2) is 0 Å². The summed E-state index contributed by atoms with van der Waals surface area (Å²) in [6.07, 6.45) is 1.06. The maximum atomic E-state index is 11.4. The third-order valence-corrected chi connectivity index (χ3v) is 3.16. The molecule has 0 amide bonds. The van der Waals surface area contributed by atoms with E-state index in [2.05, 4.69) is 4.74 Å². The van der Waals surface area contributed by atoms with Gasteiger partial charge in [-0.2, -0.15) is 0 Å². The first-order valence-electron chi connectivity index (χ1n) is 6.72. The van der Waals surface area contributed by atoms with Crippen LogP contribution in [0.3, 0.4) is 0 Å². The molecule has 3 N–H and O–H groups in total. The number of hydrogen-bond acceptors (Lipinski definition) is 6. The van der Waals surface area contributed by atoms with Crippen LogP contribution in [0.15, 0.2) is 18.2 Å². The molecule has 0 aliphatic heterocycles. The predicted octanol–water partition coefficient (Wildman–Crippen LogP) is 1.24. The molecule has 118 valence electrons. The van der Waals surface area contributed by atoms with Gasteiger partial charge >= 0.3 is 5.97 Å². The molecule has 0 aromatic heterocycles. The summed E-state index contributed by atoms with van der Waals surface area (Å²) in [6.45, 7) is 1.98. The molecule has 21 heavy (non-hydrogen) atoms. The lowest BCUT2D eigenvalue weighted by molar-refractivity contribution is -0.146. The highest BCUT2D eigenvalue weighted by atomic mass is 16.5. The minimum atomic E-state index is -1.01. The van der Waals surface area contributed by atoms with E-state index in [9.17, 15) is 4.79 Å². The van der Waals surface area contributed by atoms with E-state index in [0.717, 1.165) is 5.56 Å². The fourth-order valence-corrected chi connectivity index (χ4v) is 1.89. The van der Waals surface area contributed by atoms with Gasteiger partial charge in [0.1, 0.15) is 5.54 Å². The van der Waals surface area contributed by atoms with Gasteiger partial charge in [-0.1, -0.05) is 6.07 Å². The molecule has 6 nitrogen and oxygen atoms in total. The van der Waals surface area contributed by atoms with E-state index in [1.807, 2.05) is 0 Å². The van der Waals surface area contributed by atoms with Crippen LogP contribution in [0, 0.1) is 0 Å². The summed E-state index contributed by atoms with van der Waals surface area (Å²) in [5.74, 6) is 0.712. The summed E-state index contributed by atoms with van der Waals surface area (Å²) in [5, 5.41) is 9.07. The Bertz CT molecular complexity index is 473. The lowest BCUT2D eigenvalue weighted by Crippen LogP contribution is -2.45. The van der Waals surface area contributed by atoms with Crippen molar-refractivity contribution in [2.24, 2.45) is 5.73 Å². The smallest absolute Gasteiger partial charge is 0.325 e. The topological polar surface area (TPSA) is 91.0 Å². The van der Waals surface area contributed by atoms with Crippen LogP contribution in [0.4, 0.5) is 0 Å². The molecule has 0 fully saturated rings. The minimum absolute atomic E-state index is 0.0543. The van der Waals surface area contributed by atoms with Crippen molar-refractivity contribution in [3.8, 4) is 11.5 Å². The van der Waals surface area contributed by atoms with Gasteiger partial charge in [0, 0.05) is 0 Å². The molecule has 1 aromatic carbocycles. The van der Waals surface area contributed by atoms with Crippen molar-refractivity contribution in [1.29, 1.82) is 0 Å². The number of ether oxygens (including phenoxy) is 3. The Morgan fingerprint density at radius 1 is 1.33 bits per heavy atom. The number of methoxy groups -OCH3 is 2. The first kappa shape index (κ1) is 17.3. The average molecular weight is 297 g/mol. The number of esters is 1. The highest BCUT2D eigenvalue weighted by Gasteiger charge is 2.28. The molecule has 6 heteroatoms. The largest absolute Gasteiger partial charge is 0.493 e. The molecule has 0 spiro atoms. The number of rotatable bonds is 8. The number of benzene rings is 1. The number of aliphatic hydroxyl groups excluding tert-OH is 1. The van der Waals surface area contributed by atoms with E-state index in [0.29, 0.717) is 30.9 Å². The predicted molar refractivity (Wildman–Crippen MR) is 78.3 cm³/mol. The van der Waals surface area contributed by atoms with Gasteiger partial charge in [0.05, 0.1) is 27.4 Å². The monoisotopic (exact) mass is 297 g/mol. The fourth-order valence-electron chi connectivity index (χ4n) is 1.89. The quantitative estimate of drug-likeness (QED) is 0.554. The Hall–Kier alpha value is -1.79. The van der Waals surface area contributed by atoms with Gasteiger partial charge < -0.3 is 25.1 Å². The van der Waals surface area contributed by atoms with Gasteiger partial charge in [0.2, 0.25) is 0 Å². The first-order valence-corrected chi connectivity index (χ1v) is 6.72. The molecule has 1 aromatic rings. The van der Waals surface area contributed by atoms with E-state index >= 15 is 0 Å². The Morgan fingerprint density at radius 3 is 2.62 bits per heavy atom. The maximum Gasteiger partial charge on any atom is 0.325 e. The third-order valence-electron chi connectivity index (χ3n) is 3.16. The second kappa shape index (κ2) is 7.85. The standard InChI is InChI=1S/C15H23NO5/c1-15(16,14(18)20-3)7-4-8-21-12-6-5-11(10-17)9-13(12)19-2/h5-6,9,17H,4,7-8,10,16H2,1-3H3. The van der Waals surface area contributed by atoms with Crippen LogP contribution in [0.1, 0.15) is 25.3 Å². The van der Waals surface area contributed by atoms with E-state index in [1.165, 1.54) is 14.2 Å². The van der Waals surface area contributed by atoms with E-state index in [-0.39, 0.29) is 6.61 Å². The maximum absolute atomic E-state index is 11.4. The van der Waals surface area contributed by atoms with Crippen molar-refractivity contribution in [3.63, 3.8) is 0 Å². The molecular weight excluding hydrogens is 274 g/mol. The third kappa shape index (κ3) is 4.91. The molecule has 1 atom stereocenters. The minimum Gasteiger partial charge on any atom is -0.493 e. The number of carbonyl (C=O) groups is 1.